The van der Waals surface area contributed by atoms with E-state index in [1.165, 1.54) is 0 Å². The van der Waals surface area contributed by atoms with Gasteiger partial charge < -0.3 is 15.8 Å². The molecule has 19 heavy (non-hydrogen) atoms. The van der Waals surface area contributed by atoms with Gasteiger partial charge in [-0.1, -0.05) is 12.1 Å². The Morgan fingerprint density at radius 3 is 2.79 bits per heavy atom. The Balaban J connectivity index is 1.97. The summed E-state index contributed by atoms with van der Waals surface area (Å²) in [5, 5.41) is 2.92. The first-order valence-corrected chi connectivity index (χ1v) is 6.75. The summed E-state index contributed by atoms with van der Waals surface area (Å²) in [6, 6.07) is 7.63. The first kappa shape index (κ1) is 14.0. The molecule has 1 saturated carbocycles. The first-order chi connectivity index (χ1) is 9.04. The standard InChI is InChI=1S/C15H22N2O2/c1-11(16)12-5-3-6-13(9-12)17-14(18)10-15(19-2)7-4-8-15/h3,5-6,9,11H,4,7-8,10,16H2,1-2H3,(H,17,18). The van der Waals surface area contributed by atoms with Gasteiger partial charge in [0, 0.05) is 18.8 Å². The van der Waals surface area contributed by atoms with Crippen molar-refractivity contribution in [3.05, 3.63) is 29.8 Å². The number of nitrogens with one attached hydrogen (secondary N) is 1. The van der Waals surface area contributed by atoms with Crippen molar-refractivity contribution in [2.24, 2.45) is 5.73 Å². The van der Waals surface area contributed by atoms with Crippen LogP contribution in [0.25, 0.3) is 0 Å². The molecule has 0 aromatic heterocycles. The van der Waals surface area contributed by atoms with Gasteiger partial charge in [-0.05, 0) is 43.9 Å². The lowest BCUT2D eigenvalue weighted by Crippen LogP contribution is -2.42. The number of methoxy groups -OCH3 is 1. The van der Waals surface area contributed by atoms with E-state index in [1.807, 2.05) is 31.2 Å². The SMILES string of the molecule is COC1(CC(=O)Nc2cccc(C(C)N)c2)CCC1. The number of hydrogen-bond donors (Lipinski definition) is 2. The fourth-order valence-corrected chi connectivity index (χ4v) is 2.42. The van der Waals surface area contributed by atoms with E-state index in [2.05, 4.69) is 5.32 Å². The third-order valence-electron chi connectivity index (χ3n) is 3.88. The van der Waals surface area contributed by atoms with E-state index in [-0.39, 0.29) is 17.6 Å². The number of amides is 1. The Bertz CT molecular complexity index is 448. The molecule has 0 spiro atoms. The van der Waals surface area contributed by atoms with Crippen molar-refractivity contribution in [1.82, 2.24) is 0 Å². The number of carbonyl (C=O) groups excluding carboxylic acids is 1. The second-order valence-corrected chi connectivity index (χ2v) is 5.38. The van der Waals surface area contributed by atoms with E-state index in [0.29, 0.717) is 6.42 Å². The van der Waals surface area contributed by atoms with Gasteiger partial charge in [0.2, 0.25) is 5.91 Å². The summed E-state index contributed by atoms with van der Waals surface area (Å²) in [5.74, 6) is 0.00312. The Labute approximate surface area is 114 Å². The molecule has 1 fully saturated rings. The van der Waals surface area contributed by atoms with Crippen molar-refractivity contribution in [3.63, 3.8) is 0 Å². The van der Waals surface area contributed by atoms with E-state index in [0.717, 1.165) is 30.5 Å². The molecule has 4 heteroatoms. The smallest absolute Gasteiger partial charge is 0.227 e. The maximum Gasteiger partial charge on any atom is 0.227 e. The number of hydrogen-bond acceptors (Lipinski definition) is 3. The molecule has 1 aliphatic rings. The van der Waals surface area contributed by atoms with E-state index in [9.17, 15) is 4.79 Å². The second-order valence-electron chi connectivity index (χ2n) is 5.38. The Hall–Kier alpha value is -1.39. The van der Waals surface area contributed by atoms with Crippen LogP contribution in [-0.2, 0) is 9.53 Å². The number of nitrogens with two attached hydrogens (primary N) is 1. The van der Waals surface area contributed by atoms with Crippen LogP contribution in [0.2, 0.25) is 0 Å². The highest BCUT2D eigenvalue weighted by Crippen LogP contribution is 2.38. The van der Waals surface area contributed by atoms with Gasteiger partial charge in [-0.15, -0.1) is 0 Å². The molecule has 0 bridgehead atoms. The average Bonchev–Trinajstić information content (AvgIpc) is 2.34. The van der Waals surface area contributed by atoms with Crippen molar-refractivity contribution in [2.75, 3.05) is 12.4 Å². The number of carbonyl (C=O) groups is 1. The molecule has 1 aromatic rings. The maximum absolute atomic E-state index is 12.0. The van der Waals surface area contributed by atoms with Crippen LogP contribution in [-0.4, -0.2) is 18.6 Å². The van der Waals surface area contributed by atoms with Crippen molar-refractivity contribution in [1.29, 1.82) is 0 Å². The molecule has 2 rings (SSSR count). The third kappa shape index (κ3) is 3.33. The van der Waals surface area contributed by atoms with Crippen LogP contribution in [0.4, 0.5) is 5.69 Å². The molecule has 1 unspecified atom stereocenters. The summed E-state index contributed by atoms with van der Waals surface area (Å²) in [4.78, 5) is 12.0. The van der Waals surface area contributed by atoms with Crippen molar-refractivity contribution < 1.29 is 9.53 Å². The predicted octanol–water partition coefficient (Wildman–Crippen LogP) is 2.60. The highest BCUT2D eigenvalue weighted by molar-refractivity contribution is 5.91. The lowest BCUT2D eigenvalue weighted by molar-refractivity contribution is -0.129. The molecule has 3 N–H and O–H groups in total. The molecule has 0 aliphatic heterocycles. The fourth-order valence-electron chi connectivity index (χ4n) is 2.42. The van der Waals surface area contributed by atoms with Gasteiger partial charge in [-0.2, -0.15) is 0 Å². The molecule has 1 aromatic carbocycles. The van der Waals surface area contributed by atoms with Gasteiger partial charge in [0.1, 0.15) is 0 Å². The van der Waals surface area contributed by atoms with Crippen LogP contribution >= 0.6 is 0 Å². The minimum Gasteiger partial charge on any atom is -0.378 e. The fraction of sp³-hybridized carbons (Fsp3) is 0.533. The van der Waals surface area contributed by atoms with Gasteiger partial charge in [-0.25, -0.2) is 0 Å². The van der Waals surface area contributed by atoms with E-state index >= 15 is 0 Å². The minimum atomic E-state index is -0.233. The lowest BCUT2D eigenvalue weighted by Gasteiger charge is -2.39. The Kier molecular flexibility index (Phi) is 4.22. The van der Waals surface area contributed by atoms with Gasteiger partial charge in [0.05, 0.1) is 12.0 Å². The third-order valence-corrected chi connectivity index (χ3v) is 3.88. The molecular weight excluding hydrogens is 240 g/mol. The van der Waals surface area contributed by atoms with Gasteiger partial charge in [0.25, 0.3) is 0 Å². The summed E-state index contributed by atoms with van der Waals surface area (Å²) in [6.45, 7) is 1.93. The summed E-state index contributed by atoms with van der Waals surface area (Å²) in [7, 11) is 1.68. The first-order valence-electron chi connectivity index (χ1n) is 6.75. The Morgan fingerprint density at radius 1 is 1.53 bits per heavy atom. The average molecular weight is 262 g/mol. The highest BCUT2D eigenvalue weighted by Gasteiger charge is 2.38. The molecular formula is C15H22N2O2. The van der Waals surface area contributed by atoms with Gasteiger partial charge in [-0.3, -0.25) is 4.79 Å². The number of rotatable bonds is 5. The van der Waals surface area contributed by atoms with Crippen molar-refractivity contribution >= 4 is 11.6 Å². The topological polar surface area (TPSA) is 64.3 Å². The number of ether oxygens (including phenoxy) is 1. The normalized spacial score (nSPS) is 18.5. The van der Waals surface area contributed by atoms with Gasteiger partial charge >= 0.3 is 0 Å². The zero-order valence-electron chi connectivity index (χ0n) is 11.6. The predicted molar refractivity (Wildman–Crippen MR) is 75.9 cm³/mol. The monoisotopic (exact) mass is 262 g/mol. The van der Waals surface area contributed by atoms with Crippen LogP contribution in [0.3, 0.4) is 0 Å². The molecule has 104 valence electrons. The zero-order valence-corrected chi connectivity index (χ0v) is 11.6. The van der Waals surface area contributed by atoms with Crippen LogP contribution < -0.4 is 11.1 Å². The summed E-state index contributed by atoms with van der Waals surface area (Å²) in [5.41, 5.74) is 7.41. The molecule has 0 radical (unpaired) electrons. The number of anilines is 1. The van der Waals surface area contributed by atoms with E-state index in [1.54, 1.807) is 7.11 Å². The highest BCUT2D eigenvalue weighted by atomic mass is 16.5. The molecule has 0 heterocycles. The lowest BCUT2D eigenvalue weighted by atomic mass is 9.77. The van der Waals surface area contributed by atoms with Crippen molar-refractivity contribution in [2.45, 2.75) is 44.2 Å². The van der Waals surface area contributed by atoms with Crippen LogP contribution in [0.5, 0.6) is 0 Å². The van der Waals surface area contributed by atoms with Crippen LogP contribution in [0.15, 0.2) is 24.3 Å². The minimum absolute atomic E-state index is 0.00312. The molecule has 1 atom stereocenters. The number of benzene rings is 1. The molecule has 1 aliphatic carbocycles. The second kappa shape index (κ2) is 5.72. The van der Waals surface area contributed by atoms with Crippen molar-refractivity contribution in [3.8, 4) is 0 Å². The molecule has 4 nitrogen and oxygen atoms in total. The summed E-state index contributed by atoms with van der Waals surface area (Å²) in [6.07, 6.45) is 3.50. The summed E-state index contributed by atoms with van der Waals surface area (Å²) >= 11 is 0. The van der Waals surface area contributed by atoms with E-state index < -0.39 is 0 Å². The maximum atomic E-state index is 12.0. The summed E-state index contributed by atoms with van der Waals surface area (Å²) < 4.78 is 5.46. The largest absolute Gasteiger partial charge is 0.378 e. The van der Waals surface area contributed by atoms with E-state index in [4.69, 9.17) is 10.5 Å². The quantitative estimate of drug-likeness (QED) is 0.857. The van der Waals surface area contributed by atoms with Crippen LogP contribution in [0.1, 0.15) is 44.2 Å². The Morgan fingerprint density at radius 2 is 2.26 bits per heavy atom. The molecule has 0 saturated heterocycles. The molecule has 1 amide bonds. The van der Waals surface area contributed by atoms with Crippen LogP contribution in [0, 0.1) is 0 Å². The van der Waals surface area contributed by atoms with Gasteiger partial charge in [0.15, 0.2) is 0 Å². The zero-order chi connectivity index (χ0) is 13.9.